The Kier molecular flexibility index (Phi) is 9.75. The number of halogens is 1. The Bertz CT molecular complexity index is 1250. The van der Waals surface area contributed by atoms with Gasteiger partial charge in [-0.15, -0.1) is 0 Å². The first-order valence-electron chi connectivity index (χ1n) is 12.0. The molecule has 0 saturated heterocycles. The molecule has 10 heteroatoms. The van der Waals surface area contributed by atoms with Gasteiger partial charge in [-0.1, -0.05) is 42.5 Å². The molecule has 2 amide bonds. The van der Waals surface area contributed by atoms with Crippen LogP contribution in [0.5, 0.6) is 11.5 Å². The van der Waals surface area contributed by atoms with Gasteiger partial charge in [0.1, 0.15) is 17.6 Å². The normalized spacial score (nSPS) is 11.5. The molecule has 3 aromatic rings. The van der Waals surface area contributed by atoms with Gasteiger partial charge in [0.2, 0.25) is 11.7 Å². The summed E-state index contributed by atoms with van der Waals surface area (Å²) in [5, 5.41) is 14.1. The lowest BCUT2D eigenvalue weighted by molar-refractivity contribution is -0.385. The maximum absolute atomic E-state index is 13.5. The van der Waals surface area contributed by atoms with Crippen molar-refractivity contribution in [1.29, 1.82) is 0 Å². The number of carbonyl (C=O) groups excluding carboxylic acids is 2. The minimum atomic E-state index is -0.882. The lowest BCUT2D eigenvalue weighted by Crippen LogP contribution is -2.52. The number of hydrogen-bond donors (Lipinski definition) is 1. The lowest BCUT2D eigenvalue weighted by atomic mass is 10.0. The molecule has 0 bridgehead atoms. The SMILES string of the molecule is COc1cc(OCC(=O)N(Cc2ccc(F)cc2)C(Cc2ccccc2)C(=O)NC(C)C)ccc1[N+](=O)[O-]. The van der Waals surface area contributed by atoms with E-state index in [1.54, 1.807) is 12.1 Å². The van der Waals surface area contributed by atoms with Gasteiger partial charge in [0, 0.05) is 31.1 Å². The third-order valence-electron chi connectivity index (χ3n) is 5.68. The highest BCUT2D eigenvalue weighted by Crippen LogP contribution is 2.30. The minimum Gasteiger partial charge on any atom is -0.490 e. The summed E-state index contributed by atoms with van der Waals surface area (Å²) in [4.78, 5) is 38.9. The second-order valence-corrected chi connectivity index (χ2v) is 8.90. The third kappa shape index (κ3) is 7.76. The van der Waals surface area contributed by atoms with Crippen molar-refractivity contribution >= 4 is 17.5 Å². The summed E-state index contributed by atoms with van der Waals surface area (Å²) in [5.41, 5.74) is 1.25. The Balaban J connectivity index is 1.90. The fourth-order valence-electron chi connectivity index (χ4n) is 3.85. The van der Waals surface area contributed by atoms with Gasteiger partial charge in [0.25, 0.3) is 5.91 Å². The molecule has 9 nitrogen and oxygen atoms in total. The maximum atomic E-state index is 13.5. The first-order valence-corrected chi connectivity index (χ1v) is 12.0. The molecule has 1 unspecified atom stereocenters. The molecule has 0 saturated carbocycles. The summed E-state index contributed by atoms with van der Waals surface area (Å²) in [7, 11) is 1.29. The predicted molar refractivity (Wildman–Crippen MR) is 139 cm³/mol. The summed E-state index contributed by atoms with van der Waals surface area (Å²) < 4.78 is 24.3. The Labute approximate surface area is 220 Å². The van der Waals surface area contributed by atoms with E-state index in [0.29, 0.717) is 5.56 Å². The standard InChI is InChI=1S/C28H30FN3O6/c1-19(2)30-28(34)25(15-20-7-5-4-6-8-20)31(17-21-9-11-22(29)12-10-21)27(33)18-38-23-13-14-24(32(35)36)26(16-23)37-3/h4-14,16,19,25H,15,17-18H2,1-3H3,(H,30,34). The van der Waals surface area contributed by atoms with Crippen LogP contribution in [0, 0.1) is 15.9 Å². The number of benzene rings is 3. The van der Waals surface area contributed by atoms with Gasteiger partial charge in [-0.05, 0) is 43.2 Å². The number of amides is 2. The molecular weight excluding hydrogens is 493 g/mol. The smallest absolute Gasteiger partial charge is 0.311 e. The number of ether oxygens (including phenoxy) is 2. The van der Waals surface area contributed by atoms with Gasteiger partial charge in [-0.2, -0.15) is 0 Å². The molecule has 0 aliphatic rings. The number of nitrogens with zero attached hydrogens (tertiary/aromatic N) is 2. The van der Waals surface area contributed by atoms with Crippen LogP contribution in [0.1, 0.15) is 25.0 Å². The molecule has 1 N–H and O–H groups in total. The number of hydrogen-bond acceptors (Lipinski definition) is 6. The lowest BCUT2D eigenvalue weighted by Gasteiger charge is -2.32. The van der Waals surface area contributed by atoms with Crippen LogP contribution in [0.3, 0.4) is 0 Å². The summed E-state index contributed by atoms with van der Waals surface area (Å²) in [6.07, 6.45) is 0.248. The molecule has 0 fully saturated rings. The number of nitro benzene ring substituents is 1. The molecule has 0 heterocycles. The van der Waals surface area contributed by atoms with Crippen molar-refractivity contribution in [3.63, 3.8) is 0 Å². The zero-order valence-electron chi connectivity index (χ0n) is 21.4. The first kappa shape index (κ1) is 28.1. The van der Waals surface area contributed by atoms with Gasteiger partial charge in [-0.3, -0.25) is 19.7 Å². The average molecular weight is 524 g/mol. The van der Waals surface area contributed by atoms with Crippen LogP contribution in [0.15, 0.2) is 72.8 Å². The summed E-state index contributed by atoms with van der Waals surface area (Å²) in [5.74, 6) is -1.07. The first-order chi connectivity index (χ1) is 18.2. The van der Waals surface area contributed by atoms with E-state index >= 15 is 0 Å². The molecule has 0 spiro atoms. The van der Waals surface area contributed by atoms with Crippen molar-refractivity contribution in [2.45, 2.75) is 38.9 Å². The monoisotopic (exact) mass is 523 g/mol. The van der Waals surface area contributed by atoms with Crippen LogP contribution >= 0.6 is 0 Å². The summed E-state index contributed by atoms with van der Waals surface area (Å²) in [6.45, 7) is 3.25. The molecule has 3 aromatic carbocycles. The fourth-order valence-corrected chi connectivity index (χ4v) is 3.85. The molecule has 0 aliphatic carbocycles. The maximum Gasteiger partial charge on any atom is 0.311 e. The molecule has 3 rings (SSSR count). The van der Waals surface area contributed by atoms with Gasteiger partial charge >= 0.3 is 5.69 Å². The zero-order valence-corrected chi connectivity index (χ0v) is 21.4. The van der Waals surface area contributed by atoms with E-state index in [1.807, 2.05) is 44.2 Å². The van der Waals surface area contributed by atoms with Crippen LogP contribution in [0.4, 0.5) is 10.1 Å². The van der Waals surface area contributed by atoms with Crippen molar-refractivity contribution in [2.75, 3.05) is 13.7 Å². The Hall–Kier alpha value is -4.47. The van der Waals surface area contributed by atoms with Crippen molar-refractivity contribution < 1.29 is 28.4 Å². The van der Waals surface area contributed by atoms with E-state index in [9.17, 15) is 24.1 Å². The predicted octanol–water partition coefficient (Wildman–Crippen LogP) is 4.29. The third-order valence-corrected chi connectivity index (χ3v) is 5.68. The van der Waals surface area contributed by atoms with Crippen molar-refractivity contribution in [1.82, 2.24) is 10.2 Å². The number of methoxy groups -OCH3 is 1. The van der Waals surface area contributed by atoms with E-state index < -0.39 is 29.3 Å². The second-order valence-electron chi connectivity index (χ2n) is 8.90. The van der Waals surface area contributed by atoms with E-state index in [4.69, 9.17) is 9.47 Å². The van der Waals surface area contributed by atoms with Gasteiger partial charge in [0.15, 0.2) is 6.61 Å². The Morgan fingerprint density at radius 3 is 2.32 bits per heavy atom. The molecular formula is C28H30FN3O6. The number of nitro groups is 1. The van der Waals surface area contributed by atoms with E-state index in [0.717, 1.165) is 5.56 Å². The minimum absolute atomic E-state index is 0.0126. The summed E-state index contributed by atoms with van der Waals surface area (Å²) >= 11 is 0. The van der Waals surface area contributed by atoms with Crippen LogP contribution in [0.25, 0.3) is 0 Å². The van der Waals surface area contributed by atoms with Crippen molar-refractivity contribution in [3.8, 4) is 11.5 Å². The van der Waals surface area contributed by atoms with E-state index in [-0.39, 0.29) is 42.1 Å². The molecule has 0 radical (unpaired) electrons. The Morgan fingerprint density at radius 1 is 1.03 bits per heavy atom. The largest absolute Gasteiger partial charge is 0.490 e. The zero-order chi connectivity index (χ0) is 27.7. The van der Waals surface area contributed by atoms with Crippen molar-refractivity contribution in [2.24, 2.45) is 0 Å². The molecule has 0 aromatic heterocycles. The van der Waals surface area contributed by atoms with Crippen LogP contribution < -0.4 is 14.8 Å². The van der Waals surface area contributed by atoms with Crippen LogP contribution in [-0.4, -0.2) is 47.4 Å². The quantitative estimate of drug-likeness (QED) is 0.280. The van der Waals surface area contributed by atoms with Gasteiger partial charge in [-0.25, -0.2) is 4.39 Å². The Morgan fingerprint density at radius 2 is 1.71 bits per heavy atom. The highest BCUT2D eigenvalue weighted by Gasteiger charge is 2.31. The van der Waals surface area contributed by atoms with Gasteiger partial charge < -0.3 is 19.7 Å². The molecule has 200 valence electrons. The topological polar surface area (TPSA) is 111 Å². The van der Waals surface area contributed by atoms with E-state index in [2.05, 4.69) is 5.32 Å². The highest BCUT2D eigenvalue weighted by molar-refractivity contribution is 5.88. The second kappa shape index (κ2) is 13.2. The van der Waals surface area contributed by atoms with E-state index in [1.165, 1.54) is 42.3 Å². The number of carbonyl (C=O) groups is 2. The fraction of sp³-hybridized carbons (Fsp3) is 0.286. The molecule has 38 heavy (non-hydrogen) atoms. The molecule has 1 atom stereocenters. The van der Waals surface area contributed by atoms with Crippen molar-refractivity contribution in [3.05, 3.63) is 99.9 Å². The molecule has 0 aliphatic heterocycles. The highest BCUT2D eigenvalue weighted by atomic mass is 19.1. The number of nitrogens with one attached hydrogen (secondary N) is 1. The summed E-state index contributed by atoms with van der Waals surface area (Å²) in [6, 6.07) is 17.9. The van der Waals surface area contributed by atoms with Gasteiger partial charge in [0.05, 0.1) is 12.0 Å². The van der Waals surface area contributed by atoms with Crippen LogP contribution in [0.2, 0.25) is 0 Å². The average Bonchev–Trinajstić information content (AvgIpc) is 2.90. The number of rotatable bonds is 12. The van der Waals surface area contributed by atoms with Crippen LogP contribution in [-0.2, 0) is 22.6 Å².